The van der Waals surface area contributed by atoms with E-state index in [0.29, 0.717) is 24.8 Å². The van der Waals surface area contributed by atoms with Crippen LogP contribution in [-0.4, -0.2) is 60.4 Å². The highest BCUT2D eigenvalue weighted by Gasteiger charge is 2.34. The average molecular weight is 281 g/mol. The number of amides is 2. The number of piperidine rings is 2. The number of hydrogen-bond donors (Lipinski definition) is 1. The maximum atomic E-state index is 12.1. The number of nitrogens with zero attached hydrogens (tertiary/aromatic N) is 2. The molecule has 1 N–H and O–H groups in total. The lowest BCUT2D eigenvalue weighted by atomic mass is 9.89. The Morgan fingerprint density at radius 3 is 2.50 bits per heavy atom. The Labute approximate surface area is 121 Å². The van der Waals surface area contributed by atoms with Gasteiger partial charge in [-0.3, -0.25) is 14.5 Å². The summed E-state index contributed by atoms with van der Waals surface area (Å²) in [6, 6.07) is 0.154. The van der Waals surface area contributed by atoms with E-state index >= 15 is 0 Å². The third kappa shape index (κ3) is 3.38. The Morgan fingerprint density at radius 2 is 1.90 bits per heavy atom. The van der Waals surface area contributed by atoms with E-state index in [1.807, 2.05) is 0 Å². The third-order valence-electron chi connectivity index (χ3n) is 4.90. The van der Waals surface area contributed by atoms with Crippen LogP contribution in [0.15, 0.2) is 0 Å². The van der Waals surface area contributed by atoms with Crippen molar-refractivity contribution < 1.29 is 9.59 Å². The first kappa shape index (κ1) is 15.4. The molecular weight excluding hydrogens is 254 g/mol. The van der Waals surface area contributed by atoms with Gasteiger partial charge in [0.05, 0.1) is 6.04 Å². The number of nitrogens with one attached hydrogen (secondary N) is 1. The fraction of sp³-hybridized carbons (Fsp3) is 0.867. The topological polar surface area (TPSA) is 52.7 Å². The summed E-state index contributed by atoms with van der Waals surface area (Å²) in [6.07, 6.45) is 3.50. The molecule has 0 aromatic rings. The van der Waals surface area contributed by atoms with Crippen LogP contribution in [0.2, 0.25) is 0 Å². The normalized spacial score (nSPS) is 27.9. The monoisotopic (exact) mass is 281 g/mol. The minimum absolute atomic E-state index is 0.0584. The summed E-state index contributed by atoms with van der Waals surface area (Å²) in [4.78, 5) is 27.3. The molecule has 2 rings (SSSR count). The first-order chi connectivity index (χ1) is 9.52. The van der Waals surface area contributed by atoms with E-state index in [1.54, 1.807) is 7.05 Å². The highest BCUT2D eigenvalue weighted by atomic mass is 16.2. The van der Waals surface area contributed by atoms with Crippen molar-refractivity contribution in [2.24, 2.45) is 5.92 Å². The number of likely N-dealkylation sites (tertiary alicyclic amines) is 2. The molecule has 0 aromatic heterocycles. The zero-order valence-corrected chi connectivity index (χ0v) is 12.9. The Balaban J connectivity index is 1.84. The first-order valence-corrected chi connectivity index (χ1v) is 7.81. The lowest BCUT2D eigenvalue weighted by Crippen LogP contribution is -2.55. The van der Waals surface area contributed by atoms with Crippen LogP contribution in [0.3, 0.4) is 0 Å². The smallest absolute Gasteiger partial charge is 0.246 e. The van der Waals surface area contributed by atoms with Crippen LogP contribution in [0, 0.1) is 5.92 Å². The number of hydrogen-bond acceptors (Lipinski definition) is 4. The summed E-state index contributed by atoms with van der Waals surface area (Å²) in [7, 11) is 1.59. The van der Waals surface area contributed by atoms with Gasteiger partial charge < -0.3 is 10.2 Å². The lowest BCUT2D eigenvalue weighted by Gasteiger charge is -2.37. The molecule has 0 spiro atoms. The average Bonchev–Trinajstić information content (AvgIpc) is 2.48. The zero-order valence-electron chi connectivity index (χ0n) is 12.9. The Morgan fingerprint density at radius 1 is 1.25 bits per heavy atom. The van der Waals surface area contributed by atoms with Crippen molar-refractivity contribution in [3.63, 3.8) is 0 Å². The molecule has 2 amide bonds. The number of likely N-dealkylation sites (N-methyl/N-ethyl adjacent to an activating group) is 1. The van der Waals surface area contributed by atoms with Crippen LogP contribution in [0.4, 0.5) is 0 Å². The molecule has 2 heterocycles. The van der Waals surface area contributed by atoms with Gasteiger partial charge in [0.25, 0.3) is 0 Å². The van der Waals surface area contributed by atoms with Crippen LogP contribution >= 0.6 is 0 Å². The molecule has 0 aliphatic carbocycles. The molecule has 114 valence electrons. The fourth-order valence-electron chi connectivity index (χ4n) is 3.29. The maximum Gasteiger partial charge on any atom is 0.246 e. The second kappa shape index (κ2) is 6.68. The number of carbonyl (C=O) groups is 2. The van der Waals surface area contributed by atoms with E-state index in [-0.39, 0.29) is 17.9 Å². The molecule has 5 nitrogen and oxygen atoms in total. The SMILES string of the molecule is CCN1CCC(C(C)NC2CCC(=O)N(C)C2=O)CC1. The standard InChI is InChI=1S/C15H27N3O2/c1-4-18-9-7-12(8-10-18)11(2)16-13-5-6-14(19)17(3)15(13)20/h11-13,16H,4-10H2,1-3H3. The molecule has 2 saturated heterocycles. The Hall–Kier alpha value is -0.940. The molecule has 2 fully saturated rings. The van der Waals surface area contributed by atoms with Crippen LogP contribution < -0.4 is 5.32 Å². The molecule has 0 radical (unpaired) electrons. The summed E-state index contributed by atoms with van der Waals surface area (Å²) in [5.41, 5.74) is 0. The van der Waals surface area contributed by atoms with E-state index in [0.717, 1.165) is 19.6 Å². The summed E-state index contributed by atoms with van der Waals surface area (Å²) >= 11 is 0. The zero-order chi connectivity index (χ0) is 14.7. The second-order valence-corrected chi connectivity index (χ2v) is 6.11. The molecule has 2 atom stereocenters. The van der Waals surface area contributed by atoms with E-state index < -0.39 is 0 Å². The van der Waals surface area contributed by atoms with Gasteiger partial charge in [-0.1, -0.05) is 6.92 Å². The predicted molar refractivity (Wildman–Crippen MR) is 78.2 cm³/mol. The molecule has 20 heavy (non-hydrogen) atoms. The van der Waals surface area contributed by atoms with Crippen molar-refractivity contribution in [3.05, 3.63) is 0 Å². The fourth-order valence-corrected chi connectivity index (χ4v) is 3.29. The summed E-state index contributed by atoms with van der Waals surface area (Å²) in [6.45, 7) is 7.82. The molecule has 0 bridgehead atoms. The molecule has 2 unspecified atom stereocenters. The lowest BCUT2D eigenvalue weighted by molar-refractivity contribution is -0.148. The largest absolute Gasteiger partial charge is 0.304 e. The van der Waals surface area contributed by atoms with Gasteiger partial charge in [0.15, 0.2) is 0 Å². The number of carbonyl (C=O) groups excluding carboxylic acids is 2. The molecule has 0 aromatic carbocycles. The molecular formula is C15H27N3O2. The van der Waals surface area contributed by atoms with Crippen LogP contribution in [-0.2, 0) is 9.59 Å². The van der Waals surface area contributed by atoms with Gasteiger partial charge in [0, 0.05) is 19.5 Å². The van der Waals surface area contributed by atoms with Gasteiger partial charge >= 0.3 is 0 Å². The van der Waals surface area contributed by atoms with Crippen molar-refractivity contribution in [3.8, 4) is 0 Å². The molecule has 2 aliphatic heterocycles. The van der Waals surface area contributed by atoms with Crippen molar-refractivity contribution >= 4 is 11.8 Å². The molecule has 5 heteroatoms. The van der Waals surface area contributed by atoms with E-state index in [1.165, 1.54) is 17.7 Å². The second-order valence-electron chi connectivity index (χ2n) is 6.11. The van der Waals surface area contributed by atoms with Crippen molar-refractivity contribution in [1.82, 2.24) is 15.1 Å². The number of rotatable bonds is 4. The Kier molecular flexibility index (Phi) is 5.16. The van der Waals surface area contributed by atoms with Crippen LogP contribution in [0.1, 0.15) is 39.5 Å². The third-order valence-corrected chi connectivity index (χ3v) is 4.90. The predicted octanol–water partition coefficient (Wildman–Crippen LogP) is 0.844. The van der Waals surface area contributed by atoms with Crippen LogP contribution in [0.5, 0.6) is 0 Å². The van der Waals surface area contributed by atoms with Gasteiger partial charge in [-0.15, -0.1) is 0 Å². The van der Waals surface area contributed by atoms with Crippen molar-refractivity contribution in [2.75, 3.05) is 26.7 Å². The van der Waals surface area contributed by atoms with E-state index in [2.05, 4.69) is 24.1 Å². The van der Waals surface area contributed by atoms with E-state index in [4.69, 9.17) is 0 Å². The van der Waals surface area contributed by atoms with Crippen LogP contribution in [0.25, 0.3) is 0 Å². The maximum absolute atomic E-state index is 12.1. The van der Waals surface area contributed by atoms with Gasteiger partial charge in [-0.25, -0.2) is 0 Å². The minimum Gasteiger partial charge on any atom is -0.304 e. The highest BCUT2D eigenvalue weighted by molar-refractivity contribution is 6.00. The molecule has 0 saturated carbocycles. The van der Waals surface area contributed by atoms with E-state index in [9.17, 15) is 9.59 Å². The molecule has 2 aliphatic rings. The van der Waals surface area contributed by atoms with Crippen molar-refractivity contribution in [1.29, 1.82) is 0 Å². The number of imide groups is 1. The summed E-state index contributed by atoms with van der Waals surface area (Å²) in [5.74, 6) is 0.504. The van der Waals surface area contributed by atoms with Gasteiger partial charge in [0.1, 0.15) is 0 Å². The van der Waals surface area contributed by atoms with Gasteiger partial charge in [-0.05, 0) is 51.7 Å². The summed E-state index contributed by atoms with van der Waals surface area (Å²) in [5, 5.41) is 3.46. The minimum atomic E-state index is -0.183. The quantitative estimate of drug-likeness (QED) is 0.776. The highest BCUT2D eigenvalue weighted by Crippen LogP contribution is 2.22. The van der Waals surface area contributed by atoms with Crippen molar-refractivity contribution in [2.45, 2.75) is 51.6 Å². The van der Waals surface area contributed by atoms with Gasteiger partial charge in [-0.2, -0.15) is 0 Å². The Bertz CT molecular complexity index is 364. The van der Waals surface area contributed by atoms with Gasteiger partial charge in [0.2, 0.25) is 11.8 Å². The summed E-state index contributed by atoms with van der Waals surface area (Å²) < 4.78 is 0. The first-order valence-electron chi connectivity index (χ1n) is 7.81.